The molecule has 0 radical (unpaired) electrons. The first-order valence-corrected chi connectivity index (χ1v) is 56.5. The van der Waals surface area contributed by atoms with Crippen molar-refractivity contribution in [1.82, 2.24) is 24.6 Å². The number of nitrogens with zero attached hydrogens (tertiary/aromatic N) is 5. The first-order chi connectivity index (χ1) is 46.1. The highest BCUT2D eigenvalue weighted by Gasteiger charge is 2.51. The minimum Gasteiger partial charge on any atom is -0.494 e. The second-order valence-electron chi connectivity index (χ2n) is 27.8. The van der Waals surface area contributed by atoms with Crippen LogP contribution in [0.2, 0.25) is 98.2 Å². The number of alkyl halides is 1. The van der Waals surface area contributed by atoms with E-state index in [2.05, 4.69) is 213 Å². The van der Waals surface area contributed by atoms with Crippen LogP contribution in [0, 0.1) is 57.3 Å². The summed E-state index contributed by atoms with van der Waals surface area (Å²) in [4.78, 5) is 87.0. The molecule has 12 heterocycles. The van der Waals surface area contributed by atoms with Gasteiger partial charge in [-0.05, 0) is 102 Å². The van der Waals surface area contributed by atoms with Crippen molar-refractivity contribution in [3.05, 3.63) is 160 Å². The lowest BCUT2D eigenvalue weighted by Gasteiger charge is -2.22. The van der Waals surface area contributed by atoms with E-state index in [0.717, 1.165) is 42.2 Å². The largest absolute Gasteiger partial charge is 0.494 e. The molecule has 0 spiro atoms. The number of halogens is 3. The van der Waals surface area contributed by atoms with Crippen LogP contribution in [0.4, 0.5) is 0 Å². The van der Waals surface area contributed by atoms with Gasteiger partial charge < -0.3 is 10.1 Å². The lowest BCUT2D eigenvalue weighted by molar-refractivity contribution is -0.123. The SMILES string of the molecule is C[Si](C)(C)C#CCBr.C[Si](C)(C)C#CCN1C(=O)C2=C(c3ccc(Br)s3)N(CC#C[Si](C)(C)C)C(=O)C2=C1c1ccc(Br)s1.C[Si](C)(C)C#CCN1C(=O)C2=C(c3cccs3)N(CC#C[Si](C)(C)C)C(=O)C2=C1c1cccs1.O=C1N=C(c2cccs2)c2c(O)[nH]c(-c3cccs3)c21. The van der Waals surface area contributed by atoms with Gasteiger partial charge in [0, 0.05) is 0 Å². The van der Waals surface area contributed by atoms with Crippen LogP contribution in [-0.4, -0.2) is 137 Å². The number of nitrogens with one attached hydrogen (secondary N) is 1. The molecule has 504 valence electrons. The molecule has 5 aliphatic rings. The Morgan fingerprint density at radius 3 is 1.00 bits per heavy atom. The number of carbonyl (C=O) groups is 5. The zero-order valence-corrected chi connectivity index (χ0v) is 71.7. The summed E-state index contributed by atoms with van der Waals surface area (Å²) in [5, 5.41) is 18.8. The molecule has 98 heavy (non-hydrogen) atoms. The third kappa shape index (κ3) is 18.3. The molecule has 7 aromatic heterocycles. The van der Waals surface area contributed by atoms with Crippen LogP contribution >= 0.6 is 116 Å². The van der Waals surface area contributed by atoms with Crippen LogP contribution in [0.25, 0.3) is 33.4 Å². The quantitative estimate of drug-likeness (QED) is 0.0792. The van der Waals surface area contributed by atoms with Crippen molar-refractivity contribution in [2.45, 2.75) is 98.2 Å². The number of hydrogen-bond donors (Lipinski definition) is 2. The summed E-state index contributed by atoms with van der Waals surface area (Å²) in [6.07, 6.45) is 0. The normalized spacial score (nSPS) is 15.0. The molecule has 12 nitrogen and oxygen atoms in total. The lowest BCUT2D eigenvalue weighted by Crippen LogP contribution is -2.30. The predicted molar refractivity (Wildman–Crippen MR) is 437 cm³/mol. The van der Waals surface area contributed by atoms with Gasteiger partial charge in [-0.1, -0.05) is 168 Å². The molecule has 0 atom stereocenters. The molecule has 2 N–H and O–H groups in total. The average Bonchev–Trinajstić information content (AvgIpc) is 1.58. The van der Waals surface area contributed by atoms with Crippen LogP contribution in [0.1, 0.15) is 40.3 Å². The molecule has 26 heteroatoms. The molecule has 0 bridgehead atoms. The van der Waals surface area contributed by atoms with Gasteiger partial charge in [0.1, 0.15) is 40.4 Å². The molecular weight excluding hydrogens is 1620 g/mol. The van der Waals surface area contributed by atoms with Gasteiger partial charge in [0.15, 0.2) is 5.88 Å². The smallest absolute Gasteiger partial charge is 0.280 e. The number of carbonyl (C=O) groups excluding carboxylic acids is 5. The van der Waals surface area contributed by atoms with Gasteiger partial charge in [-0.2, -0.15) is 0 Å². The minimum atomic E-state index is -1.62. The highest BCUT2D eigenvalue weighted by Crippen LogP contribution is 2.51. The molecule has 0 aromatic carbocycles. The maximum Gasteiger partial charge on any atom is 0.280 e. The molecule has 0 saturated heterocycles. The number of aliphatic imine (C=N–C) groups is 1. The Kier molecular flexibility index (Phi) is 24.3. The van der Waals surface area contributed by atoms with Gasteiger partial charge >= 0.3 is 0 Å². The summed E-state index contributed by atoms with van der Waals surface area (Å²) >= 11 is 19.4. The zero-order chi connectivity index (χ0) is 71.4. The fourth-order valence-electron chi connectivity index (χ4n) is 10.3. The molecule has 0 aliphatic carbocycles. The van der Waals surface area contributed by atoms with Crippen molar-refractivity contribution < 1.29 is 29.1 Å². The lowest BCUT2D eigenvalue weighted by atomic mass is 10.1. The Bertz CT molecular complexity index is 4570. The van der Waals surface area contributed by atoms with Crippen molar-refractivity contribution in [3.63, 3.8) is 0 Å². The summed E-state index contributed by atoms with van der Waals surface area (Å²) in [5.74, 6) is 15.0. The first-order valence-electron chi connectivity index (χ1n) is 31.1. The first kappa shape index (κ1) is 76.0. The van der Waals surface area contributed by atoms with Crippen LogP contribution in [0.5, 0.6) is 5.88 Å². The van der Waals surface area contributed by atoms with Crippen LogP contribution < -0.4 is 0 Å². The number of rotatable bonds is 10. The topological polar surface area (TPSA) is 147 Å². The number of amides is 5. The fourth-order valence-corrected chi connectivity index (χ4v) is 19.7. The Morgan fingerprint density at radius 1 is 0.418 bits per heavy atom. The number of thiophene rings is 6. The van der Waals surface area contributed by atoms with E-state index in [4.69, 9.17) is 0 Å². The molecule has 5 aliphatic heterocycles. The molecule has 0 fully saturated rings. The Balaban J connectivity index is 0.000000167. The van der Waals surface area contributed by atoms with Gasteiger partial charge in [0.05, 0.1) is 136 Å². The third-order valence-electron chi connectivity index (χ3n) is 14.0. The molecule has 5 amide bonds. The van der Waals surface area contributed by atoms with E-state index in [-0.39, 0.29) is 61.6 Å². The second kappa shape index (κ2) is 31.4. The van der Waals surface area contributed by atoms with Crippen molar-refractivity contribution in [2.75, 3.05) is 31.5 Å². The Labute approximate surface area is 629 Å². The summed E-state index contributed by atoms with van der Waals surface area (Å²) in [5.41, 5.74) is 23.4. The van der Waals surface area contributed by atoms with E-state index in [1.807, 2.05) is 94.3 Å². The van der Waals surface area contributed by atoms with Crippen molar-refractivity contribution >= 4 is 214 Å². The number of fused-ring (bicyclic) bond motifs is 3. The van der Waals surface area contributed by atoms with Gasteiger partial charge in [-0.15, -0.1) is 95.7 Å². The Morgan fingerprint density at radius 2 is 0.724 bits per heavy atom. The number of aromatic amines is 1. The number of aromatic hydroxyl groups is 1. The molecule has 7 aromatic rings. The summed E-state index contributed by atoms with van der Waals surface area (Å²) < 4.78 is 1.88. The maximum absolute atomic E-state index is 14.0. The summed E-state index contributed by atoms with van der Waals surface area (Å²) in [6, 6.07) is 23.2. The third-order valence-corrected chi connectivity index (χ3v) is 25.7. The molecular formula is C72H73Br3N6O6S6Si5. The van der Waals surface area contributed by atoms with Crippen LogP contribution in [0.15, 0.2) is 129 Å². The minimum absolute atomic E-state index is 0.00130. The van der Waals surface area contributed by atoms with E-state index in [0.29, 0.717) is 67.6 Å². The number of H-pyrrole nitrogens is 1. The number of aromatic nitrogens is 1. The van der Waals surface area contributed by atoms with Crippen molar-refractivity contribution in [3.8, 4) is 73.8 Å². The fraction of sp³-hybridized carbons (Fsp3) is 0.278. The molecule has 12 rings (SSSR count). The molecule has 0 unspecified atom stereocenters. The van der Waals surface area contributed by atoms with E-state index in [1.165, 1.54) is 68.0 Å². The van der Waals surface area contributed by atoms with Gasteiger partial charge in [-0.25, -0.2) is 4.99 Å². The van der Waals surface area contributed by atoms with E-state index in [1.54, 1.807) is 19.6 Å². The van der Waals surface area contributed by atoms with E-state index < -0.39 is 40.4 Å². The predicted octanol–water partition coefficient (Wildman–Crippen LogP) is 18.0. The second-order valence-corrected chi connectivity index (χ2v) is 60.9. The van der Waals surface area contributed by atoms with Crippen molar-refractivity contribution in [1.29, 1.82) is 0 Å². The average molecular weight is 1690 g/mol. The molecule has 0 saturated carbocycles. The van der Waals surface area contributed by atoms with Gasteiger partial charge in [0.2, 0.25) is 0 Å². The van der Waals surface area contributed by atoms with E-state index >= 15 is 0 Å². The summed E-state index contributed by atoms with van der Waals surface area (Å²) in [6.45, 7) is 33.9. The van der Waals surface area contributed by atoms with Gasteiger partial charge in [0.25, 0.3) is 29.5 Å². The van der Waals surface area contributed by atoms with E-state index in [9.17, 15) is 29.1 Å². The standard InChI is InChI=1S/C26H26Br2N2O2S2Si2.C26H28N2O2S2Si2.C14H8N2O2S2.C6H11BrSi/c1-35(2,3)15-7-13-29-23(17-9-11-19(27)33-17)21-22(25(29)31)24(18-10-12-20(28)34-18)30(26(21)32)14-8-16-36(4,5)6;1-33(2,3)17-9-13-27-23(19-11-7-15-31-19)21-22(25(27)29)24(20-12-8-16-32-20)28(26(21)30)14-10-18-34(4,5)6;17-13-9-10(12(16-13)8-4-2-6-20-8)14(18)15-11(9)7-3-1-5-19-7;1-8(2,3)6-4-5-7/h9-12H,13-14H2,1-6H3;7-8,11-12,15-16H,13-14H2,1-6H3;1-6,15,18H;5H2,1-3H3. The van der Waals surface area contributed by atoms with Gasteiger partial charge in [-0.3, -0.25) is 43.6 Å². The summed E-state index contributed by atoms with van der Waals surface area (Å²) in [7, 11) is -7.48. The van der Waals surface area contributed by atoms with Crippen LogP contribution in [0.3, 0.4) is 0 Å². The monoisotopic (exact) mass is 1690 g/mol. The maximum atomic E-state index is 14.0. The highest BCUT2D eigenvalue weighted by molar-refractivity contribution is 9.11. The Hall–Kier alpha value is -6.22. The highest BCUT2D eigenvalue weighted by atomic mass is 79.9. The zero-order valence-electron chi connectivity index (χ0n) is 57.1. The van der Waals surface area contributed by atoms with Crippen LogP contribution in [-0.2, 0) is 19.2 Å². The number of hydrogen-bond acceptors (Lipinski definition) is 12. The van der Waals surface area contributed by atoms with Crippen molar-refractivity contribution in [2.24, 2.45) is 4.99 Å².